The second kappa shape index (κ2) is 10.3. The predicted molar refractivity (Wildman–Crippen MR) is 151 cm³/mol. The van der Waals surface area contributed by atoms with Gasteiger partial charge in [-0.3, -0.25) is 19.2 Å². The molecule has 10 atom stereocenters. The number of aliphatic hydroxyl groups is 1. The molecule has 0 bridgehead atoms. The largest absolute Gasteiger partial charge is 0.461 e. The fourth-order valence-corrected chi connectivity index (χ4v) is 9.17. The van der Waals surface area contributed by atoms with E-state index in [9.17, 15) is 29.1 Å². The lowest BCUT2D eigenvalue weighted by Crippen LogP contribution is -2.72. The Hall–Kier alpha value is -3.53. The van der Waals surface area contributed by atoms with Crippen LogP contribution in [0.2, 0.25) is 0 Å². The first kappa shape index (κ1) is 30.9. The molecule has 5 rings (SSSR count). The second-order valence-electron chi connectivity index (χ2n) is 13.4. The third-order valence-corrected chi connectivity index (χ3v) is 10.7. The maximum Gasteiger partial charge on any atom is 0.338 e. The highest BCUT2D eigenvalue weighted by Crippen LogP contribution is 2.74. The Morgan fingerprint density at radius 2 is 1.56 bits per heavy atom. The van der Waals surface area contributed by atoms with Crippen LogP contribution in [0.4, 0.5) is 0 Å². The molecule has 0 saturated heterocycles. The zero-order valence-electron chi connectivity index (χ0n) is 25.7. The monoisotopic (exact) mass is 596 g/mol. The highest BCUT2D eigenvalue weighted by molar-refractivity contribution is 6.01. The van der Waals surface area contributed by atoms with Crippen molar-refractivity contribution in [1.82, 2.24) is 0 Å². The van der Waals surface area contributed by atoms with Crippen LogP contribution in [0.25, 0.3) is 0 Å². The van der Waals surface area contributed by atoms with E-state index in [1.54, 1.807) is 37.3 Å². The summed E-state index contributed by atoms with van der Waals surface area (Å²) >= 11 is 0. The molecule has 43 heavy (non-hydrogen) atoms. The highest BCUT2D eigenvalue weighted by atomic mass is 16.6. The summed E-state index contributed by atoms with van der Waals surface area (Å²) in [5.41, 5.74) is -4.84. The van der Waals surface area contributed by atoms with E-state index in [1.165, 1.54) is 26.8 Å². The molecule has 4 aliphatic carbocycles. The number of carbonyl (C=O) groups excluding carboxylic acids is 5. The number of hydrogen-bond acceptors (Lipinski definition) is 10. The molecule has 10 heteroatoms. The van der Waals surface area contributed by atoms with E-state index in [4.69, 9.17) is 18.9 Å². The van der Waals surface area contributed by atoms with Crippen molar-refractivity contribution in [2.45, 2.75) is 97.2 Å². The molecule has 0 aromatic heterocycles. The van der Waals surface area contributed by atoms with Crippen molar-refractivity contribution < 1.29 is 48.0 Å². The lowest BCUT2D eigenvalue weighted by molar-refractivity contribution is -0.284. The Morgan fingerprint density at radius 3 is 2.14 bits per heavy atom. The molecule has 0 unspecified atom stereocenters. The van der Waals surface area contributed by atoms with E-state index in [0.717, 1.165) is 5.57 Å². The number of carbonyl (C=O) groups is 5. The van der Waals surface area contributed by atoms with Gasteiger partial charge in [0.1, 0.15) is 23.9 Å². The molecule has 232 valence electrons. The van der Waals surface area contributed by atoms with Gasteiger partial charge in [-0.2, -0.15) is 0 Å². The van der Waals surface area contributed by atoms with Crippen LogP contribution < -0.4 is 0 Å². The molecule has 3 saturated carbocycles. The predicted octanol–water partition coefficient (Wildman–Crippen LogP) is 3.73. The normalized spacial score (nSPS) is 41.2. The topological polar surface area (TPSA) is 142 Å². The van der Waals surface area contributed by atoms with Crippen LogP contribution in [0, 0.1) is 28.6 Å². The fourth-order valence-electron chi connectivity index (χ4n) is 9.17. The summed E-state index contributed by atoms with van der Waals surface area (Å²) in [6.07, 6.45) is -1.48. The second-order valence-corrected chi connectivity index (χ2v) is 13.4. The van der Waals surface area contributed by atoms with Gasteiger partial charge in [0.15, 0.2) is 11.4 Å². The third-order valence-electron chi connectivity index (χ3n) is 10.7. The summed E-state index contributed by atoms with van der Waals surface area (Å²) in [4.78, 5) is 65.3. The Kier molecular flexibility index (Phi) is 7.39. The quantitative estimate of drug-likeness (QED) is 0.395. The van der Waals surface area contributed by atoms with Crippen LogP contribution in [0.1, 0.15) is 78.1 Å². The molecular weight excluding hydrogens is 556 g/mol. The summed E-state index contributed by atoms with van der Waals surface area (Å²) in [6, 6.07) is 8.41. The molecule has 0 heterocycles. The van der Waals surface area contributed by atoms with E-state index in [0.29, 0.717) is 12.0 Å². The molecule has 4 aliphatic rings. The van der Waals surface area contributed by atoms with Crippen molar-refractivity contribution in [2.75, 3.05) is 0 Å². The van der Waals surface area contributed by atoms with Gasteiger partial charge in [0, 0.05) is 43.9 Å². The van der Waals surface area contributed by atoms with E-state index in [-0.39, 0.29) is 12.8 Å². The van der Waals surface area contributed by atoms with Gasteiger partial charge in [-0.15, -0.1) is 0 Å². The number of ketones is 1. The highest BCUT2D eigenvalue weighted by Gasteiger charge is 2.84. The first-order valence-corrected chi connectivity index (χ1v) is 14.8. The van der Waals surface area contributed by atoms with E-state index < -0.39 is 87.8 Å². The zero-order valence-corrected chi connectivity index (χ0v) is 25.7. The molecule has 0 aliphatic heterocycles. The third kappa shape index (κ3) is 4.43. The summed E-state index contributed by atoms with van der Waals surface area (Å²) in [5, 5.41) is 12.8. The zero-order chi connectivity index (χ0) is 31.7. The van der Waals surface area contributed by atoms with Gasteiger partial charge in [-0.1, -0.05) is 44.5 Å². The Labute approximate surface area is 251 Å². The molecule has 1 aromatic rings. The van der Waals surface area contributed by atoms with Gasteiger partial charge in [-0.05, 0) is 43.9 Å². The van der Waals surface area contributed by atoms with Gasteiger partial charge in [-0.25, -0.2) is 4.79 Å². The minimum atomic E-state index is -1.83. The molecule has 1 aromatic carbocycles. The Bertz CT molecular complexity index is 1400. The van der Waals surface area contributed by atoms with E-state index in [2.05, 4.69) is 0 Å². The van der Waals surface area contributed by atoms with Crippen LogP contribution in [-0.4, -0.2) is 64.3 Å². The SMILES string of the molecule is CC(=O)O[C@@H]1[C@H]2[C@@H](OC(=O)c3ccccc3)[C@@H](C)C[C@]2(O)[C@H](OC(C)=O)[C@@]2(C)[C@@H]3CC(C)=CC(=O)[C@]3(OC(C)=O)C[C@@]12C. The summed E-state index contributed by atoms with van der Waals surface area (Å²) < 4.78 is 24.2. The molecule has 1 N–H and O–H groups in total. The van der Waals surface area contributed by atoms with Crippen molar-refractivity contribution in [2.24, 2.45) is 28.6 Å². The Morgan fingerprint density at radius 1 is 0.930 bits per heavy atom. The first-order chi connectivity index (χ1) is 20.0. The minimum absolute atomic E-state index is 0.0562. The van der Waals surface area contributed by atoms with Gasteiger partial charge in [0.2, 0.25) is 0 Å². The summed E-state index contributed by atoms with van der Waals surface area (Å²) in [5.74, 6) is -5.13. The number of fused-ring (bicyclic) bond motifs is 4. The van der Waals surface area contributed by atoms with Crippen LogP contribution in [0.5, 0.6) is 0 Å². The number of benzene rings is 1. The van der Waals surface area contributed by atoms with E-state index >= 15 is 0 Å². The maximum atomic E-state index is 13.9. The average Bonchev–Trinajstić information content (AvgIpc) is 3.27. The summed E-state index contributed by atoms with van der Waals surface area (Å²) in [7, 11) is 0. The molecule has 0 amide bonds. The molecule has 0 spiro atoms. The standard InChI is InChI=1S/C33H40O10/c1-17-13-23-31(7)29(41-20(4)35)32(39)15-18(2)26(42-28(38)22-11-9-8-10-12-22)25(32)27(40-19(3)34)30(31,6)16-33(23,24(37)14-17)43-21(5)36/h8-12,14,18,23,25-27,29,39H,13,15-16H2,1-7H3/t18-,23-,25+,26-,27+,29+,30-,31+,32+,33-/m0/s1. The van der Waals surface area contributed by atoms with Crippen LogP contribution in [-0.2, 0) is 38.1 Å². The number of allylic oxidation sites excluding steroid dienone is 1. The van der Waals surface area contributed by atoms with Gasteiger partial charge >= 0.3 is 23.9 Å². The number of ether oxygens (including phenoxy) is 4. The van der Waals surface area contributed by atoms with Gasteiger partial charge < -0.3 is 24.1 Å². The van der Waals surface area contributed by atoms with Crippen molar-refractivity contribution in [3.8, 4) is 0 Å². The van der Waals surface area contributed by atoms with Crippen LogP contribution >= 0.6 is 0 Å². The van der Waals surface area contributed by atoms with Crippen molar-refractivity contribution in [3.63, 3.8) is 0 Å². The van der Waals surface area contributed by atoms with Gasteiger partial charge in [0.25, 0.3) is 0 Å². The lowest BCUT2D eigenvalue weighted by atomic mass is 9.47. The summed E-state index contributed by atoms with van der Waals surface area (Å²) in [6.45, 7) is 11.0. The molecule has 10 nitrogen and oxygen atoms in total. The van der Waals surface area contributed by atoms with Crippen molar-refractivity contribution in [1.29, 1.82) is 0 Å². The fraction of sp³-hybridized carbons (Fsp3) is 0.606. The molecule has 0 radical (unpaired) electrons. The Balaban J connectivity index is 1.73. The first-order valence-electron chi connectivity index (χ1n) is 14.8. The van der Waals surface area contributed by atoms with Crippen molar-refractivity contribution in [3.05, 3.63) is 47.5 Å². The van der Waals surface area contributed by atoms with E-state index in [1.807, 2.05) is 20.8 Å². The number of esters is 4. The van der Waals surface area contributed by atoms with Crippen LogP contribution in [0.3, 0.4) is 0 Å². The van der Waals surface area contributed by atoms with Gasteiger partial charge in [0.05, 0.1) is 11.5 Å². The maximum absolute atomic E-state index is 13.9. The average molecular weight is 597 g/mol. The smallest absolute Gasteiger partial charge is 0.338 e. The van der Waals surface area contributed by atoms with Crippen molar-refractivity contribution >= 4 is 29.7 Å². The number of rotatable bonds is 5. The molecule has 3 fully saturated rings. The lowest BCUT2D eigenvalue weighted by Gasteiger charge is -2.62. The molecular formula is C33H40O10. The number of hydrogen-bond donors (Lipinski definition) is 1. The van der Waals surface area contributed by atoms with Crippen LogP contribution in [0.15, 0.2) is 42.0 Å². The minimum Gasteiger partial charge on any atom is -0.461 e.